The number of aromatic nitrogens is 4. The molecule has 2 atom stereocenters. The second-order valence-corrected chi connectivity index (χ2v) is 9.47. The molecule has 0 saturated carbocycles. The van der Waals surface area contributed by atoms with Gasteiger partial charge < -0.3 is 10.1 Å². The van der Waals surface area contributed by atoms with E-state index in [0.717, 1.165) is 5.39 Å². The Morgan fingerprint density at radius 1 is 1.11 bits per heavy atom. The largest absolute Gasteiger partial charge is 0.489 e. The average Bonchev–Trinajstić information content (AvgIpc) is 3.48. The minimum absolute atomic E-state index is 0.0517. The Balaban J connectivity index is 1.53. The molecule has 1 unspecified atom stereocenters. The zero-order valence-corrected chi connectivity index (χ0v) is 20.5. The Hall–Kier alpha value is -3.31. The van der Waals surface area contributed by atoms with Crippen molar-refractivity contribution in [1.29, 1.82) is 0 Å². The van der Waals surface area contributed by atoms with Gasteiger partial charge in [-0.1, -0.05) is 24.3 Å². The number of nitrogens with one attached hydrogen (secondary N) is 1. The molecule has 1 aliphatic heterocycles. The van der Waals surface area contributed by atoms with Gasteiger partial charge in [0.25, 0.3) is 0 Å². The highest BCUT2D eigenvalue weighted by Gasteiger charge is 2.46. The summed E-state index contributed by atoms with van der Waals surface area (Å²) in [6, 6.07) is 10.3. The van der Waals surface area contributed by atoms with Crippen molar-refractivity contribution in [2.45, 2.75) is 44.6 Å². The molecule has 3 aromatic heterocycles. The molecule has 0 aliphatic carbocycles. The molecular formula is C26H28F4N6O. The smallest absolute Gasteiger partial charge is 0.408 e. The van der Waals surface area contributed by atoms with E-state index in [0.29, 0.717) is 34.9 Å². The van der Waals surface area contributed by atoms with E-state index in [1.807, 2.05) is 38.1 Å². The van der Waals surface area contributed by atoms with Crippen LogP contribution >= 0.6 is 0 Å². The molecule has 7 nitrogen and oxygen atoms in total. The van der Waals surface area contributed by atoms with Crippen LogP contribution in [0.1, 0.15) is 31.9 Å². The molecule has 4 aromatic rings. The van der Waals surface area contributed by atoms with Crippen LogP contribution in [0, 0.1) is 0 Å². The van der Waals surface area contributed by atoms with Crippen molar-refractivity contribution < 1.29 is 22.3 Å². The summed E-state index contributed by atoms with van der Waals surface area (Å²) < 4.78 is 62.9. The van der Waals surface area contributed by atoms with Gasteiger partial charge in [0.15, 0.2) is 11.5 Å². The van der Waals surface area contributed by atoms with Crippen molar-refractivity contribution in [3.8, 4) is 17.3 Å². The summed E-state index contributed by atoms with van der Waals surface area (Å²) in [6.07, 6.45) is -2.59. The molecule has 0 bridgehead atoms. The van der Waals surface area contributed by atoms with Crippen LogP contribution in [0.2, 0.25) is 0 Å². The molecule has 0 radical (unpaired) electrons. The van der Waals surface area contributed by atoms with Crippen molar-refractivity contribution in [3.05, 3.63) is 54.2 Å². The van der Waals surface area contributed by atoms with Crippen molar-refractivity contribution in [1.82, 2.24) is 29.8 Å². The molecule has 1 aromatic carbocycles. The van der Waals surface area contributed by atoms with Crippen molar-refractivity contribution >= 4 is 16.6 Å². The SMILES string of the molecule is CC(C)Oc1cccc2ccc(-c3nnc4ccc([C@@H](N5CCC(NCCF)C5)C(F)(F)F)cn34)nc12. The highest BCUT2D eigenvalue weighted by Crippen LogP contribution is 2.40. The Bertz CT molecular complexity index is 1390. The summed E-state index contributed by atoms with van der Waals surface area (Å²) in [5.41, 5.74) is 1.60. The van der Waals surface area contributed by atoms with Crippen LogP contribution in [0.25, 0.3) is 28.1 Å². The van der Waals surface area contributed by atoms with Gasteiger partial charge in [0.05, 0.1) is 6.10 Å². The molecule has 196 valence electrons. The predicted octanol–water partition coefficient (Wildman–Crippen LogP) is 4.97. The fourth-order valence-electron chi connectivity index (χ4n) is 4.89. The third-order valence-corrected chi connectivity index (χ3v) is 6.44. The Labute approximate surface area is 211 Å². The summed E-state index contributed by atoms with van der Waals surface area (Å²) in [4.78, 5) is 6.13. The lowest BCUT2D eigenvalue weighted by atomic mass is 10.1. The third kappa shape index (κ3) is 5.24. The summed E-state index contributed by atoms with van der Waals surface area (Å²) in [5, 5.41) is 12.2. The number of hydrogen-bond acceptors (Lipinski definition) is 6. The Kier molecular flexibility index (Phi) is 7.00. The molecule has 37 heavy (non-hydrogen) atoms. The molecule has 1 fully saturated rings. The molecule has 0 spiro atoms. The first kappa shape index (κ1) is 25.3. The fourth-order valence-corrected chi connectivity index (χ4v) is 4.89. The number of ether oxygens (including phenoxy) is 1. The van der Waals surface area contributed by atoms with Crippen LogP contribution in [-0.4, -0.2) is 69.1 Å². The Morgan fingerprint density at radius 2 is 1.95 bits per heavy atom. The minimum atomic E-state index is -4.50. The third-order valence-electron chi connectivity index (χ3n) is 6.44. The number of para-hydroxylation sites is 1. The maximum atomic E-state index is 14.3. The van der Waals surface area contributed by atoms with Crippen LogP contribution in [0.3, 0.4) is 0 Å². The van der Waals surface area contributed by atoms with Gasteiger partial charge >= 0.3 is 6.18 Å². The van der Waals surface area contributed by atoms with Crippen LogP contribution in [-0.2, 0) is 0 Å². The molecule has 5 rings (SSSR count). The molecular weight excluding hydrogens is 488 g/mol. The minimum Gasteiger partial charge on any atom is -0.489 e. The van der Waals surface area contributed by atoms with Gasteiger partial charge in [-0.25, -0.2) is 9.37 Å². The highest BCUT2D eigenvalue weighted by molar-refractivity contribution is 5.86. The van der Waals surface area contributed by atoms with Gasteiger partial charge in [-0.05, 0) is 44.0 Å². The summed E-state index contributed by atoms with van der Waals surface area (Å²) in [6.45, 7) is 3.86. The molecule has 4 heterocycles. The molecule has 1 aliphatic rings. The molecule has 0 amide bonds. The van der Waals surface area contributed by atoms with Gasteiger partial charge in [0.1, 0.15) is 29.7 Å². The average molecular weight is 517 g/mol. The van der Waals surface area contributed by atoms with E-state index in [1.54, 1.807) is 10.5 Å². The van der Waals surface area contributed by atoms with Gasteiger partial charge in [0, 0.05) is 37.3 Å². The maximum Gasteiger partial charge on any atom is 0.408 e. The van der Waals surface area contributed by atoms with Gasteiger partial charge in [-0.15, -0.1) is 10.2 Å². The van der Waals surface area contributed by atoms with Crippen LogP contribution in [0.15, 0.2) is 48.7 Å². The van der Waals surface area contributed by atoms with E-state index >= 15 is 0 Å². The quantitative estimate of drug-likeness (QED) is 0.334. The zero-order chi connectivity index (χ0) is 26.2. The first-order valence-corrected chi connectivity index (χ1v) is 12.3. The lowest BCUT2D eigenvalue weighted by Gasteiger charge is -2.30. The number of benzene rings is 1. The standard InChI is InChI=1S/C26H28F4N6O/c1-16(2)37-21-5-3-4-17-6-8-20(32-23(17)21)25-34-33-22-9-7-18(14-36(22)25)24(26(28,29)30)35-13-10-19(15-35)31-12-11-27/h3-9,14,16,19,24,31H,10-13,15H2,1-2H3/t19?,24-/m1/s1. The lowest BCUT2D eigenvalue weighted by Crippen LogP contribution is -2.40. The number of alkyl halides is 4. The van der Waals surface area contributed by atoms with Crippen LogP contribution < -0.4 is 10.1 Å². The summed E-state index contributed by atoms with van der Waals surface area (Å²) in [7, 11) is 0. The first-order valence-electron chi connectivity index (χ1n) is 12.3. The van der Waals surface area contributed by atoms with Gasteiger partial charge in [-0.2, -0.15) is 13.2 Å². The second kappa shape index (κ2) is 10.2. The highest BCUT2D eigenvalue weighted by atomic mass is 19.4. The van der Waals surface area contributed by atoms with Gasteiger partial charge in [-0.3, -0.25) is 9.30 Å². The van der Waals surface area contributed by atoms with E-state index in [-0.39, 0.29) is 37.3 Å². The summed E-state index contributed by atoms with van der Waals surface area (Å²) >= 11 is 0. The van der Waals surface area contributed by atoms with E-state index in [1.165, 1.54) is 23.2 Å². The van der Waals surface area contributed by atoms with Crippen molar-refractivity contribution in [2.75, 3.05) is 26.3 Å². The van der Waals surface area contributed by atoms with E-state index in [2.05, 4.69) is 15.5 Å². The number of fused-ring (bicyclic) bond motifs is 2. The first-order chi connectivity index (χ1) is 17.7. The Morgan fingerprint density at radius 3 is 2.70 bits per heavy atom. The van der Waals surface area contributed by atoms with E-state index in [9.17, 15) is 17.6 Å². The number of rotatable bonds is 8. The van der Waals surface area contributed by atoms with E-state index in [4.69, 9.17) is 9.72 Å². The van der Waals surface area contributed by atoms with Crippen molar-refractivity contribution in [2.24, 2.45) is 0 Å². The second-order valence-electron chi connectivity index (χ2n) is 9.47. The topological polar surface area (TPSA) is 67.6 Å². The fraction of sp³-hybridized carbons (Fsp3) is 0.423. The molecule has 1 saturated heterocycles. The van der Waals surface area contributed by atoms with Crippen molar-refractivity contribution in [3.63, 3.8) is 0 Å². The zero-order valence-electron chi connectivity index (χ0n) is 20.5. The number of pyridine rings is 2. The number of nitrogens with zero attached hydrogens (tertiary/aromatic N) is 5. The van der Waals surface area contributed by atoms with E-state index < -0.39 is 18.9 Å². The molecule has 1 N–H and O–H groups in total. The number of halogens is 4. The predicted molar refractivity (Wildman–Crippen MR) is 132 cm³/mol. The van der Waals surface area contributed by atoms with Gasteiger partial charge in [0.2, 0.25) is 0 Å². The monoisotopic (exact) mass is 516 g/mol. The van der Waals surface area contributed by atoms with Crippen LogP contribution in [0.4, 0.5) is 17.6 Å². The van der Waals surface area contributed by atoms with Crippen LogP contribution in [0.5, 0.6) is 5.75 Å². The summed E-state index contributed by atoms with van der Waals surface area (Å²) in [5.74, 6) is 0.953. The normalized spacial score (nSPS) is 17.8. The molecule has 11 heteroatoms. The number of hydrogen-bond donors (Lipinski definition) is 1. The maximum absolute atomic E-state index is 14.3. The number of likely N-dealkylation sites (tertiary alicyclic amines) is 1. The lowest BCUT2D eigenvalue weighted by molar-refractivity contribution is -0.184.